The van der Waals surface area contributed by atoms with Crippen LogP contribution in [-0.4, -0.2) is 89.8 Å². The van der Waals surface area contributed by atoms with Crippen molar-refractivity contribution in [1.29, 1.82) is 0 Å². The van der Waals surface area contributed by atoms with E-state index in [1.54, 1.807) is 0 Å². The quantitative estimate of drug-likeness (QED) is 0.732. The van der Waals surface area contributed by atoms with E-state index in [2.05, 4.69) is 71.1 Å². The Morgan fingerprint density at radius 3 is 2.84 bits per heavy atom. The Morgan fingerprint density at radius 2 is 2.00 bits per heavy atom. The summed E-state index contributed by atoms with van der Waals surface area (Å²) in [6, 6.07) is 5.64. The second-order valence-corrected chi connectivity index (χ2v) is 9.68. The van der Waals surface area contributed by atoms with Crippen LogP contribution in [0.5, 0.6) is 0 Å². The molecule has 166 valence electrons. The van der Waals surface area contributed by atoms with Gasteiger partial charge < -0.3 is 14.7 Å². The highest BCUT2D eigenvalue weighted by atomic mass is 15.4. The van der Waals surface area contributed by atoms with Gasteiger partial charge in [0, 0.05) is 32.4 Å². The number of aliphatic imine (C=N–C) groups is 1. The Kier molecular flexibility index (Phi) is 5.85. The smallest absolute Gasteiger partial charge is 0.129 e. The van der Waals surface area contributed by atoms with Gasteiger partial charge in [0.1, 0.15) is 11.7 Å². The number of rotatable bonds is 5. The van der Waals surface area contributed by atoms with Crippen LogP contribution in [-0.2, 0) is 6.42 Å². The van der Waals surface area contributed by atoms with Gasteiger partial charge in [-0.1, -0.05) is 12.1 Å². The van der Waals surface area contributed by atoms with Crippen molar-refractivity contribution in [3.05, 3.63) is 53.6 Å². The second-order valence-electron chi connectivity index (χ2n) is 9.68. The van der Waals surface area contributed by atoms with Gasteiger partial charge in [-0.25, -0.2) is 0 Å². The molecule has 0 saturated carbocycles. The van der Waals surface area contributed by atoms with Gasteiger partial charge in [0.2, 0.25) is 0 Å². The SMILES string of the molecule is CN1CCC(N(C)C2=CC=CC3=NC(CN(C)[C@H]4CCCc5cccnc54)CN23)CC1. The molecule has 0 N–H and O–H groups in total. The largest absolute Gasteiger partial charge is 0.358 e. The zero-order valence-corrected chi connectivity index (χ0v) is 19.2. The molecule has 6 heteroatoms. The lowest BCUT2D eigenvalue weighted by molar-refractivity contribution is 0.148. The molecule has 5 rings (SSSR count). The van der Waals surface area contributed by atoms with E-state index in [1.807, 2.05) is 6.20 Å². The highest BCUT2D eigenvalue weighted by Crippen LogP contribution is 2.33. The molecule has 0 aromatic carbocycles. The van der Waals surface area contributed by atoms with E-state index in [4.69, 9.17) is 9.98 Å². The Morgan fingerprint density at radius 1 is 1.16 bits per heavy atom. The molecule has 0 radical (unpaired) electrons. The molecule has 0 amide bonds. The fourth-order valence-corrected chi connectivity index (χ4v) is 5.71. The minimum atomic E-state index is 0.297. The van der Waals surface area contributed by atoms with Crippen LogP contribution in [0, 0.1) is 0 Å². The lowest BCUT2D eigenvalue weighted by Crippen LogP contribution is -2.46. The average Bonchev–Trinajstić information content (AvgIpc) is 3.21. The van der Waals surface area contributed by atoms with Crippen molar-refractivity contribution in [3.8, 4) is 0 Å². The molecule has 3 aliphatic heterocycles. The Balaban J connectivity index is 1.25. The number of hydrogen-bond donors (Lipinski definition) is 0. The van der Waals surface area contributed by atoms with Crippen molar-refractivity contribution in [2.24, 2.45) is 4.99 Å². The van der Waals surface area contributed by atoms with E-state index in [9.17, 15) is 0 Å². The zero-order chi connectivity index (χ0) is 21.4. The molecule has 1 fully saturated rings. The number of likely N-dealkylation sites (tertiary alicyclic amines) is 1. The van der Waals surface area contributed by atoms with Gasteiger partial charge in [-0.05, 0) is 83.1 Å². The normalized spacial score (nSPS) is 26.5. The third kappa shape index (κ3) is 4.15. The van der Waals surface area contributed by atoms with E-state index in [-0.39, 0.29) is 0 Å². The topological polar surface area (TPSA) is 38.2 Å². The molecule has 1 saturated heterocycles. The third-order valence-corrected chi connectivity index (χ3v) is 7.55. The monoisotopic (exact) mass is 420 g/mol. The molecule has 0 spiro atoms. The van der Waals surface area contributed by atoms with Crippen LogP contribution < -0.4 is 0 Å². The van der Waals surface area contributed by atoms with Gasteiger partial charge in [-0.3, -0.25) is 14.9 Å². The Labute approximate surface area is 186 Å². The summed E-state index contributed by atoms with van der Waals surface area (Å²) in [5, 5.41) is 0. The summed E-state index contributed by atoms with van der Waals surface area (Å²) in [5.74, 6) is 2.43. The number of nitrogens with zero attached hydrogens (tertiary/aromatic N) is 6. The minimum Gasteiger partial charge on any atom is -0.358 e. The standard InChI is InChI=1S/C25H36N6/c1-28-15-12-21(13-16-28)30(3)24-11-5-10-23-27-20(18-31(23)24)17-29(2)22-9-4-7-19-8-6-14-26-25(19)22/h5-6,8,10-11,14,20-22H,4,7,9,12-13,15-18H2,1-3H3/t20?,22-/m0/s1. The fourth-order valence-electron chi connectivity index (χ4n) is 5.71. The molecule has 1 aromatic heterocycles. The van der Waals surface area contributed by atoms with Gasteiger partial charge in [-0.2, -0.15) is 0 Å². The number of aromatic nitrogens is 1. The summed E-state index contributed by atoms with van der Waals surface area (Å²) in [6.45, 7) is 4.31. The van der Waals surface area contributed by atoms with Gasteiger partial charge in [0.05, 0.1) is 17.8 Å². The molecule has 0 bridgehead atoms. The van der Waals surface area contributed by atoms with Crippen LogP contribution in [0.15, 0.2) is 47.4 Å². The van der Waals surface area contributed by atoms with E-state index in [0.29, 0.717) is 18.1 Å². The van der Waals surface area contributed by atoms with Gasteiger partial charge >= 0.3 is 0 Å². The van der Waals surface area contributed by atoms with Gasteiger partial charge in [-0.15, -0.1) is 0 Å². The first kappa shape index (κ1) is 20.7. The molecule has 6 nitrogen and oxygen atoms in total. The molecular formula is C25H36N6. The molecular weight excluding hydrogens is 384 g/mol. The third-order valence-electron chi connectivity index (χ3n) is 7.55. The van der Waals surface area contributed by atoms with Crippen molar-refractivity contribution in [3.63, 3.8) is 0 Å². The average molecular weight is 421 g/mol. The highest BCUT2D eigenvalue weighted by molar-refractivity contribution is 5.96. The molecule has 4 heterocycles. The highest BCUT2D eigenvalue weighted by Gasteiger charge is 2.34. The Bertz CT molecular complexity index is 882. The first-order valence-electron chi connectivity index (χ1n) is 11.9. The minimum absolute atomic E-state index is 0.297. The summed E-state index contributed by atoms with van der Waals surface area (Å²) in [7, 11) is 6.75. The predicted octanol–water partition coefficient (Wildman–Crippen LogP) is 2.91. The van der Waals surface area contributed by atoms with Crippen molar-refractivity contribution in [2.75, 3.05) is 47.3 Å². The van der Waals surface area contributed by atoms with E-state index in [0.717, 1.165) is 25.3 Å². The maximum atomic E-state index is 5.11. The lowest BCUT2D eigenvalue weighted by Gasteiger charge is -2.41. The van der Waals surface area contributed by atoms with Gasteiger partial charge in [0.15, 0.2) is 0 Å². The van der Waals surface area contributed by atoms with E-state index >= 15 is 0 Å². The van der Waals surface area contributed by atoms with Gasteiger partial charge in [0.25, 0.3) is 0 Å². The molecule has 1 aromatic rings. The molecule has 4 aliphatic rings. The maximum absolute atomic E-state index is 5.11. The molecule has 1 aliphatic carbocycles. The molecule has 1 unspecified atom stereocenters. The van der Waals surface area contributed by atoms with E-state index in [1.165, 1.54) is 55.9 Å². The molecule has 2 atom stereocenters. The van der Waals surface area contributed by atoms with Crippen LogP contribution in [0.4, 0.5) is 0 Å². The summed E-state index contributed by atoms with van der Waals surface area (Å²) < 4.78 is 0. The van der Waals surface area contributed by atoms with Crippen LogP contribution >= 0.6 is 0 Å². The number of aryl methyl sites for hydroxylation is 1. The van der Waals surface area contributed by atoms with Crippen molar-refractivity contribution in [2.45, 2.75) is 50.2 Å². The number of pyridine rings is 1. The summed E-state index contributed by atoms with van der Waals surface area (Å²) in [6.07, 6.45) is 14.6. The van der Waals surface area contributed by atoms with Crippen molar-refractivity contribution >= 4 is 5.84 Å². The van der Waals surface area contributed by atoms with Crippen LogP contribution in [0.3, 0.4) is 0 Å². The predicted molar refractivity (Wildman–Crippen MR) is 126 cm³/mol. The number of amidine groups is 1. The lowest BCUT2D eigenvalue weighted by atomic mass is 9.91. The van der Waals surface area contributed by atoms with Crippen molar-refractivity contribution < 1.29 is 0 Å². The molecule has 31 heavy (non-hydrogen) atoms. The number of fused-ring (bicyclic) bond motifs is 2. The Hall–Kier alpha value is -2.18. The first-order valence-corrected chi connectivity index (χ1v) is 11.9. The second kappa shape index (κ2) is 8.75. The number of likely N-dealkylation sites (N-methyl/N-ethyl adjacent to an activating group) is 1. The van der Waals surface area contributed by atoms with Crippen LogP contribution in [0.2, 0.25) is 0 Å². The van der Waals surface area contributed by atoms with Crippen LogP contribution in [0.25, 0.3) is 0 Å². The number of allylic oxidation sites excluding steroid dienone is 2. The zero-order valence-electron chi connectivity index (χ0n) is 19.2. The number of hydrogen-bond acceptors (Lipinski definition) is 6. The summed E-state index contributed by atoms with van der Waals surface area (Å²) >= 11 is 0. The van der Waals surface area contributed by atoms with E-state index < -0.39 is 0 Å². The fraction of sp³-hybridized carbons (Fsp3) is 0.600. The van der Waals surface area contributed by atoms with Crippen LogP contribution in [0.1, 0.15) is 43.0 Å². The van der Waals surface area contributed by atoms with Crippen molar-refractivity contribution in [1.82, 2.24) is 24.6 Å². The summed E-state index contributed by atoms with van der Waals surface area (Å²) in [5.41, 5.74) is 2.70. The maximum Gasteiger partial charge on any atom is 0.129 e. The first-order chi connectivity index (χ1) is 15.1. The summed E-state index contributed by atoms with van der Waals surface area (Å²) in [4.78, 5) is 19.7. The number of piperidine rings is 1.